The first-order valence-electron chi connectivity index (χ1n) is 7.08. The van der Waals surface area contributed by atoms with Crippen LogP contribution in [0.2, 0.25) is 5.02 Å². The van der Waals surface area contributed by atoms with Crippen molar-refractivity contribution in [2.75, 3.05) is 13.2 Å². The first-order chi connectivity index (χ1) is 11.8. The van der Waals surface area contributed by atoms with E-state index in [0.717, 1.165) is 24.3 Å². The largest absolute Gasteiger partial charge is 0.490 e. The number of nitrogens with one attached hydrogen (secondary N) is 1. The van der Waals surface area contributed by atoms with Gasteiger partial charge in [-0.2, -0.15) is 0 Å². The van der Waals surface area contributed by atoms with Gasteiger partial charge in [-0.05, 0) is 24.3 Å². The third-order valence-corrected chi connectivity index (χ3v) is 5.03. The first kappa shape index (κ1) is 19.1. The Bertz CT molecular complexity index is 841. The fraction of sp³-hybridized carbons (Fsp3) is 0.200. The maximum atomic E-state index is 12.3. The fourth-order valence-corrected chi connectivity index (χ4v) is 3.31. The molecule has 0 aliphatic heterocycles. The highest BCUT2D eigenvalue weighted by molar-refractivity contribution is 7.89. The lowest BCUT2D eigenvalue weighted by Gasteiger charge is -2.17. The summed E-state index contributed by atoms with van der Waals surface area (Å²) in [7, 11) is -3.97. The van der Waals surface area contributed by atoms with Gasteiger partial charge in [0.2, 0.25) is 10.0 Å². The van der Waals surface area contributed by atoms with Crippen molar-refractivity contribution in [2.45, 2.75) is 10.9 Å². The number of benzene rings is 2. The molecule has 2 rings (SSSR count). The van der Waals surface area contributed by atoms with Crippen molar-refractivity contribution in [1.29, 1.82) is 0 Å². The van der Waals surface area contributed by atoms with Crippen LogP contribution in [0.25, 0.3) is 0 Å². The maximum Gasteiger partial charge on any atom is 0.269 e. The van der Waals surface area contributed by atoms with E-state index in [9.17, 15) is 23.6 Å². The molecule has 0 aliphatic carbocycles. The monoisotopic (exact) mass is 386 g/mol. The number of sulfonamides is 1. The Balaban J connectivity index is 2.06. The van der Waals surface area contributed by atoms with E-state index in [2.05, 4.69) is 4.72 Å². The molecule has 0 aromatic heterocycles. The van der Waals surface area contributed by atoms with Gasteiger partial charge in [0, 0.05) is 12.1 Å². The van der Waals surface area contributed by atoms with Crippen LogP contribution in [-0.4, -0.2) is 37.7 Å². The molecule has 2 N–H and O–H groups in total. The number of non-ortho nitro benzene ring substituents is 1. The van der Waals surface area contributed by atoms with Crippen molar-refractivity contribution >= 4 is 27.3 Å². The highest BCUT2D eigenvalue weighted by Crippen LogP contribution is 2.23. The molecule has 10 heteroatoms. The second kappa shape index (κ2) is 8.26. The summed E-state index contributed by atoms with van der Waals surface area (Å²) in [6, 6.07) is 10.1. The van der Waals surface area contributed by atoms with E-state index in [1.807, 2.05) is 0 Å². The van der Waals surface area contributed by atoms with Crippen LogP contribution in [0.4, 0.5) is 5.69 Å². The van der Waals surface area contributed by atoms with E-state index in [0.29, 0.717) is 10.8 Å². The third-order valence-electron chi connectivity index (χ3n) is 3.18. The van der Waals surface area contributed by atoms with Crippen molar-refractivity contribution in [3.8, 4) is 5.75 Å². The summed E-state index contributed by atoms with van der Waals surface area (Å²) < 4.78 is 32.3. The molecule has 0 saturated carbocycles. The summed E-state index contributed by atoms with van der Waals surface area (Å²) in [6.45, 7) is -0.650. The lowest BCUT2D eigenvalue weighted by molar-refractivity contribution is -0.384. The highest BCUT2D eigenvalue weighted by Gasteiger charge is 2.21. The van der Waals surface area contributed by atoms with Crippen LogP contribution in [0.5, 0.6) is 5.75 Å². The topological polar surface area (TPSA) is 119 Å². The molecule has 0 bridgehead atoms. The normalized spacial score (nSPS) is 12.6. The van der Waals surface area contributed by atoms with Crippen molar-refractivity contribution in [3.05, 3.63) is 63.7 Å². The minimum absolute atomic E-state index is 0.146. The summed E-state index contributed by atoms with van der Waals surface area (Å²) >= 11 is 5.94. The number of hydrogen-bond donors (Lipinski definition) is 2. The predicted molar refractivity (Wildman–Crippen MR) is 91.2 cm³/mol. The Labute approximate surface area is 149 Å². The van der Waals surface area contributed by atoms with E-state index in [1.54, 1.807) is 24.3 Å². The van der Waals surface area contributed by atoms with Crippen LogP contribution in [0.1, 0.15) is 0 Å². The Hall–Kier alpha value is -2.20. The number of rotatable bonds is 8. The van der Waals surface area contributed by atoms with E-state index >= 15 is 0 Å². The number of nitro benzene ring substituents is 1. The lowest BCUT2D eigenvalue weighted by Crippen LogP contribution is -2.41. The number of ether oxygens (including phenoxy) is 1. The number of nitrogens with zero attached hydrogens (tertiary/aromatic N) is 1. The number of halogens is 1. The molecule has 0 saturated heterocycles. The van der Waals surface area contributed by atoms with Crippen LogP contribution >= 0.6 is 11.6 Å². The van der Waals surface area contributed by atoms with Gasteiger partial charge < -0.3 is 9.84 Å². The second-order valence-electron chi connectivity index (χ2n) is 4.99. The molecule has 8 nitrogen and oxygen atoms in total. The van der Waals surface area contributed by atoms with Gasteiger partial charge in [0.05, 0.1) is 27.5 Å². The summed E-state index contributed by atoms with van der Waals surface area (Å²) in [4.78, 5) is 9.83. The number of nitro groups is 1. The number of aliphatic hydroxyl groups excluding tert-OH is 1. The first-order valence-corrected chi connectivity index (χ1v) is 8.94. The molecule has 0 aliphatic rings. The molecular weight excluding hydrogens is 372 g/mol. The summed E-state index contributed by atoms with van der Waals surface area (Å²) in [5, 5.41) is 20.3. The molecular formula is C15H15ClN2O6S. The van der Waals surface area contributed by atoms with Gasteiger partial charge in [0.1, 0.15) is 12.4 Å². The molecule has 0 heterocycles. The fourth-order valence-electron chi connectivity index (χ4n) is 1.91. The van der Waals surface area contributed by atoms with Gasteiger partial charge in [0.15, 0.2) is 0 Å². The van der Waals surface area contributed by atoms with Crippen LogP contribution in [0, 0.1) is 10.1 Å². The summed E-state index contributed by atoms with van der Waals surface area (Å²) in [5.74, 6) is 0.358. The molecule has 25 heavy (non-hydrogen) atoms. The molecule has 2 aromatic carbocycles. The Morgan fingerprint density at radius 2 is 1.84 bits per heavy atom. The molecule has 0 unspecified atom stereocenters. The smallest absolute Gasteiger partial charge is 0.269 e. The quantitative estimate of drug-likeness (QED) is 0.528. The molecule has 0 fully saturated rings. The van der Waals surface area contributed by atoms with Gasteiger partial charge in [0.25, 0.3) is 5.69 Å². The Kier molecular flexibility index (Phi) is 6.32. The van der Waals surface area contributed by atoms with Crippen LogP contribution in [-0.2, 0) is 10.0 Å². The zero-order chi connectivity index (χ0) is 18.4. The van der Waals surface area contributed by atoms with Crippen LogP contribution in [0.15, 0.2) is 53.4 Å². The van der Waals surface area contributed by atoms with Crippen molar-refractivity contribution in [3.63, 3.8) is 0 Å². The van der Waals surface area contributed by atoms with Gasteiger partial charge in [-0.25, -0.2) is 13.1 Å². The second-order valence-corrected chi connectivity index (χ2v) is 7.11. The SMILES string of the molecule is O=[N+]([O-])c1ccc(S(=O)(=O)N[C@H](CO)COc2ccccc2Cl)cc1. The van der Waals surface area contributed by atoms with Crippen LogP contribution in [0.3, 0.4) is 0 Å². The van der Waals surface area contributed by atoms with Crippen LogP contribution < -0.4 is 9.46 Å². The van der Waals surface area contributed by atoms with Gasteiger partial charge >= 0.3 is 0 Å². The Morgan fingerprint density at radius 1 is 1.20 bits per heavy atom. The molecule has 0 amide bonds. The zero-order valence-electron chi connectivity index (χ0n) is 12.8. The van der Waals surface area contributed by atoms with E-state index < -0.39 is 27.6 Å². The minimum Gasteiger partial charge on any atom is -0.490 e. The van der Waals surface area contributed by atoms with Gasteiger partial charge in [-0.15, -0.1) is 0 Å². The number of hydrogen-bond acceptors (Lipinski definition) is 6. The molecule has 0 spiro atoms. The standard InChI is InChI=1S/C15H15ClN2O6S/c16-14-3-1-2-4-15(14)24-10-11(9-19)17-25(22,23)13-7-5-12(6-8-13)18(20)21/h1-8,11,17,19H,9-10H2/t11-/m1/s1. The predicted octanol–water partition coefficient (Wildman–Crippen LogP) is 1.97. The molecule has 1 atom stereocenters. The molecule has 134 valence electrons. The average Bonchev–Trinajstić information content (AvgIpc) is 2.59. The minimum atomic E-state index is -3.97. The highest BCUT2D eigenvalue weighted by atomic mass is 35.5. The van der Waals surface area contributed by atoms with Gasteiger partial charge in [-0.1, -0.05) is 23.7 Å². The van der Waals surface area contributed by atoms with Crippen molar-refractivity contribution in [1.82, 2.24) is 4.72 Å². The molecule has 2 aromatic rings. The maximum absolute atomic E-state index is 12.3. The third kappa shape index (κ3) is 5.13. The van der Waals surface area contributed by atoms with Gasteiger partial charge in [-0.3, -0.25) is 10.1 Å². The molecule has 0 radical (unpaired) electrons. The average molecular weight is 387 g/mol. The summed E-state index contributed by atoms with van der Waals surface area (Å²) in [6.07, 6.45) is 0. The van der Waals surface area contributed by atoms with Crippen molar-refractivity contribution < 1.29 is 23.2 Å². The zero-order valence-corrected chi connectivity index (χ0v) is 14.4. The van der Waals surface area contributed by atoms with Crippen molar-refractivity contribution in [2.24, 2.45) is 0 Å². The number of aliphatic hydroxyl groups is 1. The van der Waals surface area contributed by atoms with E-state index in [1.165, 1.54) is 0 Å². The Morgan fingerprint density at radius 3 is 2.40 bits per heavy atom. The lowest BCUT2D eigenvalue weighted by atomic mass is 10.3. The van der Waals surface area contributed by atoms with E-state index in [4.69, 9.17) is 16.3 Å². The van der Waals surface area contributed by atoms with E-state index in [-0.39, 0.29) is 17.2 Å². The summed E-state index contributed by atoms with van der Waals surface area (Å²) in [5.41, 5.74) is -0.222. The number of para-hydroxylation sites is 1.